The van der Waals surface area contributed by atoms with Gasteiger partial charge >= 0.3 is 0 Å². The van der Waals surface area contributed by atoms with Crippen LogP contribution in [-0.4, -0.2) is 49.8 Å². The van der Waals surface area contributed by atoms with Gasteiger partial charge in [0.05, 0.1) is 12.7 Å². The Hall–Kier alpha value is -1.09. The number of aliphatic imine (C=N–C) groups is 1. The molecule has 0 aromatic carbocycles. The molecule has 28 heavy (non-hydrogen) atoms. The van der Waals surface area contributed by atoms with Crippen LogP contribution in [0.4, 0.5) is 5.82 Å². The highest BCUT2D eigenvalue weighted by Gasteiger charge is 2.21. The number of guanidine groups is 1. The van der Waals surface area contributed by atoms with Crippen molar-refractivity contribution in [1.29, 1.82) is 0 Å². The standard InChI is InChI=1S/C21H35N5O.HI/c1-4-17-6-5-7-19(12-17)25-21(22-3)24-14-18-8-9-23-20(13-18)26-10-11-27-16(2)15-26;/h8-9,13,16-17,19H,4-7,10-12,14-15H2,1-3H3,(H2,22,24,25);1H. The zero-order valence-electron chi connectivity index (χ0n) is 17.5. The minimum atomic E-state index is 0. The first kappa shape index (κ1) is 23.2. The molecule has 0 spiro atoms. The average molecular weight is 501 g/mol. The summed E-state index contributed by atoms with van der Waals surface area (Å²) in [6.07, 6.45) is 8.63. The molecule has 1 aliphatic carbocycles. The number of nitrogens with one attached hydrogen (secondary N) is 2. The zero-order chi connectivity index (χ0) is 19.1. The summed E-state index contributed by atoms with van der Waals surface area (Å²) in [5, 5.41) is 7.09. The number of rotatable bonds is 5. The van der Waals surface area contributed by atoms with Crippen molar-refractivity contribution in [3.8, 4) is 0 Å². The molecule has 0 radical (unpaired) electrons. The fraction of sp³-hybridized carbons (Fsp3) is 0.714. The number of hydrogen-bond acceptors (Lipinski definition) is 4. The third-order valence-corrected chi connectivity index (χ3v) is 5.76. The molecule has 1 saturated carbocycles. The molecule has 3 atom stereocenters. The van der Waals surface area contributed by atoms with Crippen molar-refractivity contribution < 1.29 is 4.74 Å². The summed E-state index contributed by atoms with van der Waals surface area (Å²) >= 11 is 0. The van der Waals surface area contributed by atoms with Gasteiger partial charge in [-0.3, -0.25) is 4.99 Å². The molecule has 1 aromatic rings. The van der Waals surface area contributed by atoms with E-state index in [4.69, 9.17) is 4.74 Å². The van der Waals surface area contributed by atoms with Crippen LogP contribution in [0.1, 0.15) is 51.5 Å². The Morgan fingerprint density at radius 1 is 1.39 bits per heavy atom. The van der Waals surface area contributed by atoms with Crippen LogP contribution in [0.5, 0.6) is 0 Å². The minimum absolute atomic E-state index is 0. The lowest BCUT2D eigenvalue weighted by Crippen LogP contribution is -2.45. The smallest absolute Gasteiger partial charge is 0.191 e. The topological polar surface area (TPSA) is 61.8 Å². The van der Waals surface area contributed by atoms with Gasteiger partial charge in [0.25, 0.3) is 0 Å². The Morgan fingerprint density at radius 2 is 2.25 bits per heavy atom. The van der Waals surface area contributed by atoms with E-state index < -0.39 is 0 Å². The molecule has 2 fully saturated rings. The van der Waals surface area contributed by atoms with E-state index in [1.165, 1.54) is 37.7 Å². The van der Waals surface area contributed by atoms with E-state index in [0.29, 0.717) is 6.04 Å². The maximum Gasteiger partial charge on any atom is 0.191 e. The largest absolute Gasteiger partial charge is 0.375 e. The van der Waals surface area contributed by atoms with Gasteiger partial charge in [-0.05, 0) is 43.4 Å². The first-order valence-corrected chi connectivity index (χ1v) is 10.5. The maximum atomic E-state index is 5.64. The molecule has 3 rings (SSSR count). The van der Waals surface area contributed by atoms with Gasteiger partial charge in [-0.2, -0.15) is 0 Å². The first-order chi connectivity index (χ1) is 13.2. The maximum absolute atomic E-state index is 5.64. The van der Waals surface area contributed by atoms with E-state index in [1.54, 1.807) is 0 Å². The highest BCUT2D eigenvalue weighted by Crippen LogP contribution is 2.26. The van der Waals surface area contributed by atoms with Crippen LogP contribution in [0, 0.1) is 5.92 Å². The van der Waals surface area contributed by atoms with Crippen molar-refractivity contribution in [3.63, 3.8) is 0 Å². The van der Waals surface area contributed by atoms with Crippen molar-refractivity contribution in [1.82, 2.24) is 15.6 Å². The molecule has 158 valence electrons. The Morgan fingerprint density at radius 3 is 3.00 bits per heavy atom. The van der Waals surface area contributed by atoms with E-state index in [2.05, 4.69) is 51.5 Å². The number of pyridine rings is 1. The molecule has 1 saturated heterocycles. The molecular formula is C21H36IN5O. The molecule has 6 nitrogen and oxygen atoms in total. The lowest BCUT2D eigenvalue weighted by Gasteiger charge is -2.32. The number of anilines is 1. The number of halogens is 1. The quantitative estimate of drug-likeness (QED) is 0.367. The first-order valence-electron chi connectivity index (χ1n) is 10.5. The average Bonchev–Trinajstić information content (AvgIpc) is 2.71. The van der Waals surface area contributed by atoms with Gasteiger partial charge in [-0.25, -0.2) is 4.98 Å². The molecule has 1 aliphatic heterocycles. The molecule has 1 aromatic heterocycles. The van der Waals surface area contributed by atoms with E-state index >= 15 is 0 Å². The summed E-state index contributed by atoms with van der Waals surface area (Å²) in [7, 11) is 1.85. The number of ether oxygens (including phenoxy) is 1. The van der Waals surface area contributed by atoms with Crippen molar-refractivity contribution >= 4 is 35.8 Å². The fourth-order valence-electron chi connectivity index (χ4n) is 4.14. The van der Waals surface area contributed by atoms with Gasteiger partial charge in [0.2, 0.25) is 0 Å². The molecule has 0 bridgehead atoms. The second-order valence-electron chi connectivity index (χ2n) is 7.86. The second kappa shape index (κ2) is 11.8. The van der Waals surface area contributed by atoms with Crippen LogP contribution in [0.15, 0.2) is 23.3 Å². The minimum Gasteiger partial charge on any atom is -0.375 e. The lowest BCUT2D eigenvalue weighted by molar-refractivity contribution is 0.0529. The van der Waals surface area contributed by atoms with Crippen molar-refractivity contribution in [2.24, 2.45) is 10.9 Å². The van der Waals surface area contributed by atoms with Crippen LogP contribution in [0.3, 0.4) is 0 Å². The van der Waals surface area contributed by atoms with E-state index in [1.807, 2.05) is 13.2 Å². The van der Waals surface area contributed by atoms with E-state index in [-0.39, 0.29) is 30.1 Å². The molecular weight excluding hydrogens is 465 g/mol. The fourth-order valence-corrected chi connectivity index (χ4v) is 4.14. The van der Waals surface area contributed by atoms with Gasteiger partial charge < -0.3 is 20.3 Å². The Bertz CT molecular complexity index is 627. The number of morpholine rings is 1. The summed E-state index contributed by atoms with van der Waals surface area (Å²) in [5.41, 5.74) is 1.22. The normalized spacial score (nSPS) is 25.8. The van der Waals surface area contributed by atoms with Crippen LogP contribution >= 0.6 is 24.0 Å². The highest BCUT2D eigenvalue weighted by atomic mass is 127. The lowest BCUT2D eigenvalue weighted by atomic mass is 9.84. The molecule has 2 N–H and O–H groups in total. The Labute approximate surface area is 186 Å². The summed E-state index contributed by atoms with van der Waals surface area (Å²) in [4.78, 5) is 11.3. The second-order valence-corrected chi connectivity index (χ2v) is 7.86. The third-order valence-electron chi connectivity index (χ3n) is 5.76. The summed E-state index contributed by atoms with van der Waals surface area (Å²) < 4.78 is 5.64. The van der Waals surface area contributed by atoms with Gasteiger partial charge in [-0.1, -0.05) is 26.2 Å². The number of hydrogen-bond donors (Lipinski definition) is 2. The molecule has 2 aliphatic rings. The summed E-state index contributed by atoms with van der Waals surface area (Å²) in [5.74, 6) is 2.79. The van der Waals surface area contributed by atoms with Crippen molar-refractivity contribution in [2.75, 3.05) is 31.6 Å². The number of aromatic nitrogens is 1. The summed E-state index contributed by atoms with van der Waals surface area (Å²) in [6.45, 7) is 7.73. The molecule has 7 heteroatoms. The van der Waals surface area contributed by atoms with Crippen LogP contribution < -0.4 is 15.5 Å². The summed E-state index contributed by atoms with van der Waals surface area (Å²) in [6, 6.07) is 4.78. The van der Waals surface area contributed by atoms with Gasteiger partial charge in [0.1, 0.15) is 5.82 Å². The monoisotopic (exact) mass is 501 g/mol. The van der Waals surface area contributed by atoms with Crippen molar-refractivity contribution in [3.05, 3.63) is 23.9 Å². The Balaban J connectivity index is 0.00000280. The van der Waals surface area contributed by atoms with Crippen LogP contribution in [0.25, 0.3) is 0 Å². The molecule has 0 amide bonds. The Kier molecular flexibility index (Phi) is 9.77. The molecule has 3 unspecified atom stereocenters. The van der Waals surface area contributed by atoms with E-state index in [9.17, 15) is 0 Å². The van der Waals surface area contributed by atoms with Crippen LogP contribution in [-0.2, 0) is 11.3 Å². The predicted molar refractivity (Wildman–Crippen MR) is 127 cm³/mol. The third kappa shape index (κ3) is 6.76. The van der Waals surface area contributed by atoms with Gasteiger partial charge in [0.15, 0.2) is 5.96 Å². The van der Waals surface area contributed by atoms with Crippen LogP contribution in [0.2, 0.25) is 0 Å². The zero-order valence-corrected chi connectivity index (χ0v) is 19.8. The number of nitrogens with zero attached hydrogens (tertiary/aromatic N) is 3. The predicted octanol–water partition coefficient (Wildman–Crippen LogP) is 3.56. The van der Waals surface area contributed by atoms with Gasteiger partial charge in [0, 0.05) is 38.9 Å². The molecule has 2 heterocycles. The van der Waals surface area contributed by atoms with E-state index in [0.717, 1.165) is 43.9 Å². The highest BCUT2D eigenvalue weighted by molar-refractivity contribution is 14.0. The van der Waals surface area contributed by atoms with Gasteiger partial charge in [-0.15, -0.1) is 24.0 Å². The SMILES string of the molecule is CCC1CCCC(NC(=NC)NCc2ccnc(N3CCOC(C)C3)c2)C1.I. The van der Waals surface area contributed by atoms with Crippen molar-refractivity contribution in [2.45, 2.75) is 64.6 Å².